The highest BCUT2D eigenvalue weighted by atomic mass is 35.5. The molecular weight excluding hydrogens is 356 g/mol. The van der Waals surface area contributed by atoms with Crippen LogP contribution in [0.4, 0.5) is 0 Å². The van der Waals surface area contributed by atoms with Crippen molar-refractivity contribution in [2.75, 3.05) is 7.11 Å². The van der Waals surface area contributed by atoms with Crippen molar-refractivity contribution in [1.82, 2.24) is 10.2 Å². The average molecular weight is 375 g/mol. The van der Waals surface area contributed by atoms with E-state index in [1.807, 2.05) is 48.5 Å². The smallest absolute Gasteiger partial charge is 0.277 e. The monoisotopic (exact) mass is 374 g/mol. The standard InChI is InChI=1S/C19H19ClN2O2S/c1-3-17(13-8-10-15(20)11-9-13)25-19-22-21-18(24-19)12-14-6-4-5-7-16(14)23-2/h4-11,17H,3,12H2,1-2H3. The van der Waals surface area contributed by atoms with E-state index in [1.54, 1.807) is 18.9 Å². The predicted molar refractivity (Wildman–Crippen MR) is 100 cm³/mol. The largest absolute Gasteiger partial charge is 0.496 e. The number of nitrogens with zero attached hydrogens (tertiary/aromatic N) is 2. The molecule has 0 amide bonds. The highest BCUT2D eigenvalue weighted by Gasteiger charge is 2.16. The number of hydrogen-bond acceptors (Lipinski definition) is 5. The summed E-state index contributed by atoms with van der Waals surface area (Å²) in [5.41, 5.74) is 2.22. The first-order chi connectivity index (χ1) is 12.2. The number of ether oxygens (including phenoxy) is 1. The van der Waals surface area contributed by atoms with E-state index in [0.29, 0.717) is 17.5 Å². The van der Waals surface area contributed by atoms with Crippen LogP contribution in [0.3, 0.4) is 0 Å². The molecule has 1 atom stereocenters. The lowest BCUT2D eigenvalue weighted by atomic mass is 10.1. The number of halogens is 1. The van der Waals surface area contributed by atoms with Gasteiger partial charge in [-0.1, -0.05) is 60.6 Å². The van der Waals surface area contributed by atoms with Crippen LogP contribution >= 0.6 is 23.4 Å². The molecule has 3 aromatic rings. The molecule has 4 nitrogen and oxygen atoms in total. The van der Waals surface area contributed by atoms with Gasteiger partial charge in [-0.2, -0.15) is 0 Å². The molecule has 1 unspecified atom stereocenters. The van der Waals surface area contributed by atoms with Gasteiger partial charge in [-0.15, -0.1) is 10.2 Å². The van der Waals surface area contributed by atoms with Crippen LogP contribution in [0.1, 0.15) is 35.6 Å². The zero-order valence-corrected chi connectivity index (χ0v) is 15.7. The van der Waals surface area contributed by atoms with Crippen molar-refractivity contribution in [3.05, 3.63) is 70.6 Å². The Morgan fingerprint density at radius 2 is 1.88 bits per heavy atom. The Labute approximate surface area is 156 Å². The zero-order valence-electron chi connectivity index (χ0n) is 14.1. The Morgan fingerprint density at radius 1 is 1.12 bits per heavy atom. The third-order valence-electron chi connectivity index (χ3n) is 3.84. The van der Waals surface area contributed by atoms with Crippen molar-refractivity contribution in [3.8, 4) is 5.75 Å². The lowest BCUT2D eigenvalue weighted by molar-refractivity contribution is 0.400. The predicted octanol–water partition coefficient (Wildman–Crippen LogP) is 5.57. The minimum absolute atomic E-state index is 0.247. The van der Waals surface area contributed by atoms with E-state index >= 15 is 0 Å². The van der Waals surface area contributed by atoms with E-state index in [-0.39, 0.29) is 5.25 Å². The molecule has 0 N–H and O–H groups in total. The third-order valence-corrected chi connectivity index (χ3v) is 5.35. The summed E-state index contributed by atoms with van der Waals surface area (Å²) < 4.78 is 11.2. The normalized spacial score (nSPS) is 12.1. The first kappa shape index (κ1) is 17.8. The van der Waals surface area contributed by atoms with Gasteiger partial charge in [0.1, 0.15) is 5.75 Å². The van der Waals surface area contributed by atoms with Gasteiger partial charge < -0.3 is 9.15 Å². The Kier molecular flexibility index (Phi) is 6.00. The van der Waals surface area contributed by atoms with Gasteiger partial charge in [-0.3, -0.25) is 0 Å². The van der Waals surface area contributed by atoms with Crippen molar-refractivity contribution in [3.63, 3.8) is 0 Å². The molecule has 0 saturated carbocycles. The number of aromatic nitrogens is 2. The van der Waals surface area contributed by atoms with Crippen molar-refractivity contribution in [1.29, 1.82) is 0 Å². The van der Waals surface area contributed by atoms with E-state index in [0.717, 1.165) is 22.8 Å². The topological polar surface area (TPSA) is 48.2 Å². The van der Waals surface area contributed by atoms with Crippen LogP contribution in [-0.2, 0) is 6.42 Å². The van der Waals surface area contributed by atoms with Crippen LogP contribution in [0.5, 0.6) is 5.75 Å². The molecule has 0 saturated heterocycles. The Hall–Kier alpha value is -1.98. The second-order valence-electron chi connectivity index (χ2n) is 5.52. The molecule has 0 bridgehead atoms. The van der Waals surface area contributed by atoms with E-state index in [2.05, 4.69) is 17.1 Å². The molecular formula is C19H19ClN2O2S. The lowest BCUT2D eigenvalue weighted by Gasteiger charge is -2.12. The number of hydrogen-bond donors (Lipinski definition) is 0. The van der Waals surface area contributed by atoms with E-state index in [4.69, 9.17) is 20.8 Å². The fourth-order valence-electron chi connectivity index (χ4n) is 2.56. The Bertz CT molecular complexity index is 820. The highest BCUT2D eigenvalue weighted by Crippen LogP contribution is 2.37. The van der Waals surface area contributed by atoms with Crippen molar-refractivity contribution in [2.45, 2.75) is 30.2 Å². The fourth-order valence-corrected chi connectivity index (χ4v) is 3.62. The maximum absolute atomic E-state index is 5.97. The van der Waals surface area contributed by atoms with Crippen LogP contribution in [-0.4, -0.2) is 17.3 Å². The maximum Gasteiger partial charge on any atom is 0.277 e. The summed E-state index contributed by atoms with van der Waals surface area (Å²) in [6.45, 7) is 2.14. The van der Waals surface area contributed by atoms with Crippen molar-refractivity contribution < 1.29 is 9.15 Å². The van der Waals surface area contributed by atoms with E-state index in [1.165, 1.54) is 5.56 Å². The maximum atomic E-state index is 5.97. The van der Waals surface area contributed by atoms with Gasteiger partial charge in [0.25, 0.3) is 5.22 Å². The molecule has 25 heavy (non-hydrogen) atoms. The molecule has 0 aliphatic carbocycles. The van der Waals surface area contributed by atoms with Gasteiger partial charge in [0.05, 0.1) is 13.5 Å². The quantitative estimate of drug-likeness (QED) is 0.506. The van der Waals surface area contributed by atoms with Crippen LogP contribution in [0, 0.1) is 0 Å². The molecule has 0 fully saturated rings. The van der Waals surface area contributed by atoms with Crippen molar-refractivity contribution in [2.24, 2.45) is 0 Å². The van der Waals surface area contributed by atoms with Crippen molar-refractivity contribution >= 4 is 23.4 Å². The number of benzene rings is 2. The number of rotatable bonds is 7. The average Bonchev–Trinajstić information content (AvgIpc) is 3.08. The third kappa shape index (κ3) is 4.55. The second kappa shape index (κ2) is 8.41. The highest BCUT2D eigenvalue weighted by molar-refractivity contribution is 7.99. The minimum Gasteiger partial charge on any atom is -0.496 e. The summed E-state index contributed by atoms with van der Waals surface area (Å²) in [7, 11) is 1.66. The molecule has 3 rings (SSSR count). The molecule has 2 aromatic carbocycles. The van der Waals surface area contributed by atoms with E-state index in [9.17, 15) is 0 Å². The van der Waals surface area contributed by atoms with Gasteiger partial charge in [0.2, 0.25) is 5.89 Å². The molecule has 6 heteroatoms. The van der Waals surface area contributed by atoms with E-state index < -0.39 is 0 Å². The SMILES string of the molecule is CCC(Sc1nnc(Cc2ccccc2OC)o1)c1ccc(Cl)cc1. The van der Waals surface area contributed by atoms with Gasteiger partial charge >= 0.3 is 0 Å². The molecule has 1 aromatic heterocycles. The minimum atomic E-state index is 0.247. The summed E-state index contributed by atoms with van der Waals surface area (Å²) in [5, 5.41) is 9.91. The number of thioether (sulfide) groups is 1. The second-order valence-corrected chi connectivity index (χ2v) is 7.11. The van der Waals surface area contributed by atoms with Gasteiger partial charge in [0, 0.05) is 15.8 Å². The zero-order chi connectivity index (χ0) is 17.6. The molecule has 0 radical (unpaired) electrons. The summed E-state index contributed by atoms with van der Waals surface area (Å²) in [6, 6.07) is 15.7. The van der Waals surface area contributed by atoms with Gasteiger partial charge in [0.15, 0.2) is 0 Å². The molecule has 0 aliphatic rings. The molecule has 0 aliphatic heterocycles. The lowest BCUT2D eigenvalue weighted by Crippen LogP contribution is -1.93. The van der Waals surface area contributed by atoms with Gasteiger partial charge in [-0.25, -0.2) is 0 Å². The summed E-state index contributed by atoms with van der Waals surface area (Å²) >= 11 is 7.54. The van der Waals surface area contributed by atoms with Crippen LogP contribution in [0.25, 0.3) is 0 Å². The molecule has 130 valence electrons. The first-order valence-electron chi connectivity index (χ1n) is 8.06. The van der Waals surface area contributed by atoms with Gasteiger partial charge in [-0.05, 0) is 30.2 Å². The Morgan fingerprint density at radius 3 is 2.60 bits per heavy atom. The summed E-state index contributed by atoms with van der Waals surface area (Å²) in [4.78, 5) is 0. The number of methoxy groups -OCH3 is 1. The fraction of sp³-hybridized carbons (Fsp3) is 0.263. The molecule has 0 spiro atoms. The van der Waals surface area contributed by atoms with Crippen LogP contribution < -0.4 is 4.74 Å². The first-order valence-corrected chi connectivity index (χ1v) is 9.31. The number of para-hydroxylation sites is 1. The van der Waals surface area contributed by atoms with Crippen LogP contribution in [0.2, 0.25) is 5.02 Å². The Balaban J connectivity index is 1.71. The summed E-state index contributed by atoms with van der Waals surface area (Å²) in [5.74, 6) is 1.40. The van der Waals surface area contributed by atoms with Crippen LogP contribution in [0.15, 0.2) is 58.2 Å². The molecule has 1 heterocycles. The summed E-state index contributed by atoms with van der Waals surface area (Å²) in [6.07, 6.45) is 1.51.